The van der Waals surface area contributed by atoms with Crippen molar-refractivity contribution in [1.29, 1.82) is 5.26 Å². The number of nitrogens with zero attached hydrogens (tertiary/aromatic N) is 4. The minimum atomic E-state index is -0.636. The SMILES string of the molecule is CCc1cnc(N2CCC(Oc3cc[nH]c(=O)c3-c3ccc(C#N)cc3F)CC2)nc1. The second-order valence-electron chi connectivity index (χ2n) is 7.40. The van der Waals surface area contributed by atoms with Gasteiger partial charge in [0.1, 0.15) is 17.7 Å². The molecule has 1 N–H and O–H groups in total. The second kappa shape index (κ2) is 8.96. The quantitative estimate of drug-likeness (QED) is 0.681. The molecule has 1 aromatic carbocycles. The summed E-state index contributed by atoms with van der Waals surface area (Å²) in [5.41, 5.74) is 1.09. The first-order valence-electron chi connectivity index (χ1n) is 10.2. The van der Waals surface area contributed by atoms with Crippen molar-refractivity contribution in [3.63, 3.8) is 0 Å². The number of halogens is 1. The van der Waals surface area contributed by atoms with Crippen molar-refractivity contribution in [2.24, 2.45) is 0 Å². The molecular formula is C23H22FN5O2. The highest BCUT2D eigenvalue weighted by Gasteiger charge is 2.24. The highest BCUT2D eigenvalue weighted by Crippen LogP contribution is 2.31. The molecule has 0 atom stereocenters. The molecule has 0 radical (unpaired) electrons. The third-order valence-corrected chi connectivity index (χ3v) is 5.41. The molecule has 3 heterocycles. The Bertz CT molecular complexity index is 1160. The van der Waals surface area contributed by atoms with Crippen LogP contribution in [-0.2, 0) is 6.42 Å². The van der Waals surface area contributed by atoms with Crippen molar-refractivity contribution in [3.05, 3.63) is 70.2 Å². The maximum absolute atomic E-state index is 14.6. The zero-order valence-corrected chi connectivity index (χ0v) is 17.1. The van der Waals surface area contributed by atoms with Gasteiger partial charge in [-0.3, -0.25) is 4.79 Å². The maximum atomic E-state index is 14.6. The van der Waals surface area contributed by atoms with Crippen molar-refractivity contribution in [1.82, 2.24) is 15.0 Å². The van der Waals surface area contributed by atoms with Gasteiger partial charge in [-0.05, 0) is 36.2 Å². The Morgan fingerprint density at radius 3 is 2.65 bits per heavy atom. The molecule has 0 amide bonds. The predicted octanol–water partition coefficient (Wildman–Crippen LogP) is 3.45. The number of H-pyrrole nitrogens is 1. The van der Waals surface area contributed by atoms with E-state index in [2.05, 4.69) is 26.8 Å². The lowest BCUT2D eigenvalue weighted by atomic mass is 10.0. The summed E-state index contributed by atoms with van der Waals surface area (Å²) in [6, 6.07) is 7.56. The van der Waals surface area contributed by atoms with Crippen LogP contribution in [0.2, 0.25) is 0 Å². The Kier molecular flexibility index (Phi) is 5.94. The van der Waals surface area contributed by atoms with E-state index >= 15 is 0 Å². The van der Waals surface area contributed by atoms with Gasteiger partial charge in [0.05, 0.1) is 17.2 Å². The van der Waals surface area contributed by atoms with Crippen molar-refractivity contribution in [3.8, 4) is 22.9 Å². The van der Waals surface area contributed by atoms with Gasteiger partial charge < -0.3 is 14.6 Å². The number of nitriles is 1. The Labute approximate surface area is 179 Å². The highest BCUT2D eigenvalue weighted by molar-refractivity contribution is 5.70. The van der Waals surface area contributed by atoms with Crippen molar-refractivity contribution < 1.29 is 9.13 Å². The zero-order valence-electron chi connectivity index (χ0n) is 17.1. The van der Waals surface area contributed by atoms with Crippen LogP contribution < -0.4 is 15.2 Å². The Hall–Kier alpha value is -3.73. The fourth-order valence-electron chi connectivity index (χ4n) is 3.65. The number of piperidine rings is 1. The molecule has 1 saturated heterocycles. The normalized spacial score (nSPS) is 14.3. The molecular weight excluding hydrogens is 397 g/mol. The van der Waals surface area contributed by atoms with E-state index in [0.29, 0.717) is 11.7 Å². The summed E-state index contributed by atoms with van der Waals surface area (Å²) in [4.78, 5) is 26.0. The van der Waals surface area contributed by atoms with E-state index in [4.69, 9.17) is 10.00 Å². The van der Waals surface area contributed by atoms with Crippen LogP contribution in [0.5, 0.6) is 5.75 Å². The number of pyridine rings is 1. The molecule has 1 aliphatic heterocycles. The molecule has 8 heteroatoms. The maximum Gasteiger partial charge on any atom is 0.259 e. The monoisotopic (exact) mass is 419 g/mol. The van der Waals surface area contributed by atoms with E-state index in [9.17, 15) is 9.18 Å². The Balaban J connectivity index is 1.50. The van der Waals surface area contributed by atoms with Crippen LogP contribution in [0.25, 0.3) is 11.1 Å². The van der Waals surface area contributed by atoms with E-state index in [1.165, 1.54) is 18.3 Å². The molecule has 4 rings (SSSR count). The van der Waals surface area contributed by atoms with Gasteiger partial charge in [-0.25, -0.2) is 14.4 Å². The fraction of sp³-hybridized carbons (Fsp3) is 0.304. The number of rotatable bonds is 5. The van der Waals surface area contributed by atoms with E-state index in [0.717, 1.165) is 44.0 Å². The lowest BCUT2D eigenvalue weighted by Crippen LogP contribution is -2.39. The number of aryl methyl sites for hydroxylation is 1. The molecule has 0 unspecified atom stereocenters. The first-order valence-corrected chi connectivity index (χ1v) is 10.2. The van der Waals surface area contributed by atoms with Crippen LogP contribution >= 0.6 is 0 Å². The van der Waals surface area contributed by atoms with Gasteiger partial charge in [0, 0.05) is 50.1 Å². The lowest BCUT2D eigenvalue weighted by molar-refractivity contribution is 0.171. The number of hydrogen-bond acceptors (Lipinski definition) is 6. The molecule has 1 aliphatic rings. The number of nitrogens with one attached hydrogen (secondary N) is 1. The largest absolute Gasteiger partial charge is 0.489 e. The molecule has 3 aromatic rings. The molecule has 0 aliphatic carbocycles. The minimum absolute atomic E-state index is 0.109. The number of aromatic amines is 1. The van der Waals surface area contributed by atoms with Crippen LogP contribution in [0.15, 0.2) is 47.7 Å². The van der Waals surface area contributed by atoms with Crippen LogP contribution in [0, 0.1) is 17.1 Å². The number of aromatic nitrogens is 3. The third-order valence-electron chi connectivity index (χ3n) is 5.41. The standard InChI is InChI=1S/C23H22FN5O2/c1-2-15-13-27-23(28-14-15)29-9-6-17(7-10-29)31-20-5-8-26-22(30)21(20)18-4-3-16(12-25)11-19(18)24/h3-5,8,11,13-14,17H,2,6-7,9-10H2,1H3,(H,26,30). The average Bonchev–Trinajstić information content (AvgIpc) is 2.80. The highest BCUT2D eigenvalue weighted by atomic mass is 19.1. The molecule has 2 aromatic heterocycles. The predicted molar refractivity (Wildman–Crippen MR) is 114 cm³/mol. The zero-order chi connectivity index (χ0) is 21.8. The Morgan fingerprint density at radius 1 is 1.26 bits per heavy atom. The number of benzene rings is 1. The number of hydrogen-bond donors (Lipinski definition) is 1. The number of ether oxygens (including phenoxy) is 1. The molecule has 7 nitrogen and oxygen atoms in total. The summed E-state index contributed by atoms with van der Waals surface area (Å²) >= 11 is 0. The Morgan fingerprint density at radius 2 is 2.00 bits per heavy atom. The summed E-state index contributed by atoms with van der Waals surface area (Å²) in [5, 5.41) is 8.96. The molecule has 0 spiro atoms. The van der Waals surface area contributed by atoms with Gasteiger partial charge in [-0.2, -0.15) is 5.26 Å². The summed E-state index contributed by atoms with van der Waals surface area (Å²) in [6.07, 6.45) is 7.41. The van der Waals surface area contributed by atoms with Crippen molar-refractivity contribution in [2.45, 2.75) is 32.3 Å². The van der Waals surface area contributed by atoms with Gasteiger partial charge in [0.25, 0.3) is 5.56 Å². The van der Waals surface area contributed by atoms with Gasteiger partial charge in [0.15, 0.2) is 0 Å². The van der Waals surface area contributed by atoms with Crippen LogP contribution in [0.4, 0.5) is 10.3 Å². The lowest BCUT2D eigenvalue weighted by Gasteiger charge is -2.32. The second-order valence-corrected chi connectivity index (χ2v) is 7.40. The van der Waals surface area contributed by atoms with Gasteiger partial charge >= 0.3 is 0 Å². The smallest absolute Gasteiger partial charge is 0.259 e. The third kappa shape index (κ3) is 4.40. The molecule has 1 fully saturated rings. The summed E-state index contributed by atoms with van der Waals surface area (Å²) < 4.78 is 20.7. The van der Waals surface area contributed by atoms with Crippen molar-refractivity contribution >= 4 is 5.95 Å². The van der Waals surface area contributed by atoms with Crippen molar-refractivity contribution in [2.75, 3.05) is 18.0 Å². The van der Waals surface area contributed by atoms with E-state index in [-0.39, 0.29) is 22.8 Å². The molecule has 0 saturated carbocycles. The topological polar surface area (TPSA) is 94.9 Å². The van der Waals surface area contributed by atoms with Crippen LogP contribution in [0.3, 0.4) is 0 Å². The summed E-state index contributed by atoms with van der Waals surface area (Å²) in [6.45, 7) is 3.51. The first kappa shape index (κ1) is 20.5. The van der Waals surface area contributed by atoms with Crippen LogP contribution in [-0.4, -0.2) is 34.1 Å². The van der Waals surface area contributed by atoms with E-state index in [1.54, 1.807) is 6.07 Å². The van der Waals surface area contributed by atoms with Gasteiger partial charge in [-0.15, -0.1) is 0 Å². The van der Waals surface area contributed by atoms with Gasteiger partial charge in [0.2, 0.25) is 5.95 Å². The molecule has 158 valence electrons. The van der Waals surface area contributed by atoms with Crippen LogP contribution in [0.1, 0.15) is 30.9 Å². The molecule has 0 bridgehead atoms. The molecule has 31 heavy (non-hydrogen) atoms. The number of anilines is 1. The summed E-state index contributed by atoms with van der Waals surface area (Å²) in [7, 11) is 0. The average molecular weight is 419 g/mol. The summed E-state index contributed by atoms with van der Waals surface area (Å²) in [5.74, 6) is 0.393. The minimum Gasteiger partial charge on any atom is -0.489 e. The first-order chi connectivity index (χ1) is 15.1. The van der Waals surface area contributed by atoms with E-state index < -0.39 is 11.4 Å². The van der Waals surface area contributed by atoms with Gasteiger partial charge in [-0.1, -0.05) is 6.92 Å². The van der Waals surface area contributed by atoms with E-state index in [1.807, 2.05) is 18.5 Å². The fourth-order valence-corrected chi connectivity index (χ4v) is 3.65.